The molecule has 0 fully saturated rings. The first-order valence-corrected chi connectivity index (χ1v) is 8.43. The number of nitrogens with zero attached hydrogens (tertiary/aromatic N) is 3. The maximum atomic E-state index is 9.19. The number of anilines is 2. The van der Waals surface area contributed by atoms with Gasteiger partial charge >= 0.3 is 0 Å². The highest BCUT2D eigenvalue weighted by molar-refractivity contribution is 6.17. The first-order chi connectivity index (χ1) is 13.1. The lowest BCUT2D eigenvalue weighted by atomic mass is 10.2. The Morgan fingerprint density at radius 3 is 2.74 bits per heavy atom. The molecule has 0 aliphatic rings. The van der Waals surface area contributed by atoms with E-state index in [1.54, 1.807) is 31.7 Å². The fourth-order valence-electron chi connectivity index (χ4n) is 2.49. The first kappa shape index (κ1) is 18.4. The predicted molar refractivity (Wildman–Crippen MR) is 105 cm³/mol. The second-order valence-corrected chi connectivity index (χ2v) is 6.00. The number of methoxy groups -OCH3 is 1. The minimum absolute atomic E-state index is 0.406. The van der Waals surface area contributed by atoms with Gasteiger partial charge in [-0.1, -0.05) is 0 Å². The van der Waals surface area contributed by atoms with Gasteiger partial charge in [0.05, 0.1) is 24.1 Å². The van der Waals surface area contributed by atoms with Crippen LogP contribution in [0.2, 0.25) is 0 Å². The molecule has 0 radical (unpaired) electrons. The molecule has 2 aromatic heterocycles. The van der Waals surface area contributed by atoms with Gasteiger partial charge in [0.15, 0.2) is 5.88 Å². The molecule has 136 valence electrons. The Morgan fingerprint density at radius 1 is 1.26 bits per heavy atom. The Kier molecular flexibility index (Phi) is 5.64. The van der Waals surface area contributed by atoms with Crippen molar-refractivity contribution in [3.63, 3.8) is 0 Å². The zero-order valence-corrected chi connectivity index (χ0v) is 15.6. The smallest absolute Gasteiger partial charge is 0.197 e. The number of hydrogen-bond acceptors (Lipinski definition) is 5. The molecule has 27 heavy (non-hydrogen) atoms. The average molecular weight is 381 g/mol. The van der Waals surface area contributed by atoms with E-state index in [-0.39, 0.29) is 0 Å². The van der Waals surface area contributed by atoms with Crippen molar-refractivity contribution >= 4 is 23.3 Å². The van der Waals surface area contributed by atoms with Gasteiger partial charge in [-0.3, -0.25) is 9.07 Å². The molecule has 0 spiro atoms. The van der Waals surface area contributed by atoms with E-state index in [4.69, 9.17) is 20.9 Å². The summed E-state index contributed by atoms with van der Waals surface area (Å²) in [5.74, 6) is 1.32. The maximum absolute atomic E-state index is 9.19. The summed E-state index contributed by atoms with van der Waals surface area (Å²) >= 11 is 6.40. The van der Waals surface area contributed by atoms with Crippen molar-refractivity contribution in [1.29, 1.82) is 5.26 Å². The molecule has 6 nitrogen and oxygen atoms in total. The fourth-order valence-corrected chi connectivity index (χ4v) is 2.81. The van der Waals surface area contributed by atoms with Crippen molar-refractivity contribution in [3.8, 4) is 23.1 Å². The second-order valence-electron chi connectivity index (χ2n) is 5.63. The molecule has 3 aromatic rings. The molecular formula is C20H17ClN4O2. The summed E-state index contributed by atoms with van der Waals surface area (Å²) in [5, 5.41) is 12.4. The van der Waals surface area contributed by atoms with Crippen LogP contribution in [0.1, 0.15) is 11.3 Å². The van der Waals surface area contributed by atoms with Crippen molar-refractivity contribution < 1.29 is 9.15 Å². The molecule has 0 aliphatic carbocycles. The van der Waals surface area contributed by atoms with Crippen LogP contribution in [0.5, 0.6) is 5.75 Å². The molecule has 0 unspecified atom stereocenters. The zero-order valence-electron chi connectivity index (χ0n) is 14.8. The van der Waals surface area contributed by atoms with E-state index < -0.39 is 0 Å². The number of hydrogen-bond donors (Lipinski definition) is 1. The summed E-state index contributed by atoms with van der Waals surface area (Å²) in [5.41, 5.74) is 3.29. The molecule has 0 bridgehead atoms. The van der Waals surface area contributed by atoms with Crippen LogP contribution in [0.25, 0.3) is 11.3 Å². The maximum Gasteiger partial charge on any atom is 0.197 e. The van der Waals surface area contributed by atoms with Crippen LogP contribution in [0.15, 0.2) is 65.5 Å². The number of aromatic nitrogens is 2. The van der Waals surface area contributed by atoms with Gasteiger partial charge in [-0.2, -0.15) is 5.26 Å². The van der Waals surface area contributed by atoms with Gasteiger partial charge in [0.1, 0.15) is 18.1 Å². The quantitative estimate of drug-likeness (QED) is 0.673. The monoisotopic (exact) mass is 380 g/mol. The van der Waals surface area contributed by atoms with E-state index in [2.05, 4.69) is 16.4 Å². The molecule has 0 amide bonds. The minimum atomic E-state index is 0.406. The number of benzene rings is 1. The van der Waals surface area contributed by atoms with Crippen LogP contribution >= 0.6 is 11.8 Å². The number of nitriles is 1. The lowest BCUT2D eigenvalue weighted by Crippen LogP contribution is -1.93. The van der Waals surface area contributed by atoms with Gasteiger partial charge in [-0.25, -0.2) is 0 Å². The molecule has 1 N–H and O–H groups in total. The number of ether oxygens (including phenoxy) is 1. The first-order valence-electron chi connectivity index (χ1n) is 8.09. The Bertz CT molecular complexity index is 1030. The highest BCUT2D eigenvalue weighted by Gasteiger charge is 2.10. The van der Waals surface area contributed by atoms with Crippen LogP contribution in [0.3, 0.4) is 0 Å². The van der Waals surface area contributed by atoms with Crippen LogP contribution in [0, 0.1) is 18.3 Å². The van der Waals surface area contributed by atoms with Gasteiger partial charge < -0.3 is 14.5 Å². The van der Waals surface area contributed by atoms with Crippen molar-refractivity contribution in [2.45, 2.75) is 6.92 Å². The SMILES string of the molecule is COc1ccc(Nc2cc(-c3c(C)ncccc(C#N)cn3Cl)co2)cc1. The van der Waals surface area contributed by atoms with Gasteiger partial charge in [-0.15, -0.1) is 0 Å². The summed E-state index contributed by atoms with van der Waals surface area (Å²) in [6.07, 6.45) is 4.74. The lowest BCUT2D eigenvalue weighted by molar-refractivity contribution is 0.415. The Labute approximate surface area is 162 Å². The highest BCUT2D eigenvalue weighted by atomic mass is 35.5. The van der Waals surface area contributed by atoms with Crippen molar-refractivity contribution in [1.82, 2.24) is 9.07 Å². The van der Waals surface area contributed by atoms with E-state index in [1.165, 1.54) is 10.3 Å². The third-order valence-electron chi connectivity index (χ3n) is 3.80. The molecule has 2 heterocycles. The van der Waals surface area contributed by atoms with E-state index in [1.807, 2.05) is 37.3 Å². The van der Waals surface area contributed by atoms with Crippen LogP contribution in [0.4, 0.5) is 11.6 Å². The number of rotatable bonds is 4. The molecule has 0 saturated carbocycles. The molecule has 0 aliphatic heterocycles. The minimum Gasteiger partial charge on any atom is -0.497 e. The summed E-state index contributed by atoms with van der Waals surface area (Å²) < 4.78 is 12.1. The Balaban J connectivity index is 1.98. The topological polar surface area (TPSA) is 76.0 Å². The highest BCUT2D eigenvalue weighted by Crippen LogP contribution is 2.29. The van der Waals surface area contributed by atoms with Gasteiger partial charge in [-0.05, 0) is 43.3 Å². The Morgan fingerprint density at radius 2 is 2.04 bits per heavy atom. The molecule has 1 aromatic carbocycles. The zero-order chi connectivity index (χ0) is 19.2. The molecule has 3 rings (SSSR count). The van der Waals surface area contributed by atoms with Crippen LogP contribution in [-0.4, -0.2) is 16.2 Å². The molecule has 7 heteroatoms. The molecule has 0 atom stereocenters. The van der Waals surface area contributed by atoms with E-state index in [0.717, 1.165) is 17.0 Å². The van der Waals surface area contributed by atoms with Crippen LogP contribution in [-0.2, 0) is 0 Å². The largest absolute Gasteiger partial charge is 0.497 e. The summed E-state index contributed by atoms with van der Waals surface area (Å²) in [4.78, 5) is 4.36. The summed E-state index contributed by atoms with van der Waals surface area (Å²) in [7, 11) is 1.62. The number of halogens is 1. The van der Waals surface area contributed by atoms with Crippen molar-refractivity contribution in [2.24, 2.45) is 0 Å². The third-order valence-corrected chi connectivity index (χ3v) is 4.06. The third kappa shape index (κ3) is 4.40. The van der Waals surface area contributed by atoms with E-state index >= 15 is 0 Å². The van der Waals surface area contributed by atoms with Crippen molar-refractivity contribution in [3.05, 3.63) is 72.4 Å². The van der Waals surface area contributed by atoms with Crippen LogP contribution < -0.4 is 10.1 Å². The molecule has 0 saturated heterocycles. The number of nitrogens with one attached hydrogen (secondary N) is 1. The second kappa shape index (κ2) is 8.30. The average Bonchev–Trinajstić information content (AvgIpc) is 3.14. The van der Waals surface area contributed by atoms with Gasteiger partial charge in [0, 0.05) is 41.5 Å². The summed E-state index contributed by atoms with van der Waals surface area (Å²) in [6.45, 7) is 1.84. The van der Waals surface area contributed by atoms with E-state index in [0.29, 0.717) is 22.8 Å². The van der Waals surface area contributed by atoms with Gasteiger partial charge in [0.2, 0.25) is 0 Å². The van der Waals surface area contributed by atoms with Crippen molar-refractivity contribution in [2.75, 3.05) is 12.4 Å². The lowest BCUT2D eigenvalue weighted by Gasteiger charge is -2.04. The predicted octanol–water partition coefficient (Wildman–Crippen LogP) is 5.20. The number of furan rings is 1. The standard InChI is InChI=1S/C20H17ClN4O2/c1-14-20(25(21)12-15(11-22)4-3-9-23-14)16-10-19(27-13-16)24-17-5-7-18(26-2)8-6-17/h3-10,12-13,24H,1-2H3. The normalized spacial score (nSPS) is 10.0. The molecular weight excluding hydrogens is 364 g/mol. The Hall–Kier alpha value is -3.43. The fraction of sp³-hybridized carbons (Fsp3) is 0.100. The summed E-state index contributed by atoms with van der Waals surface area (Å²) in [6, 6.07) is 14.7. The number of aryl methyl sites for hydroxylation is 1. The van der Waals surface area contributed by atoms with Gasteiger partial charge in [0.25, 0.3) is 0 Å². The van der Waals surface area contributed by atoms with E-state index in [9.17, 15) is 5.26 Å².